The predicted molar refractivity (Wildman–Crippen MR) is 141 cm³/mol. The van der Waals surface area contributed by atoms with Crippen LogP contribution in [0.5, 0.6) is 0 Å². The van der Waals surface area contributed by atoms with Crippen molar-refractivity contribution in [2.24, 2.45) is 0 Å². The first-order chi connectivity index (χ1) is 17.2. The Bertz CT molecular complexity index is 1500. The van der Waals surface area contributed by atoms with Crippen LogP contribution in [0.2, 0.25) is 0 Å². The minimum atomic E-state index is -0.647. The second-order valence-corrected chi connectivity index (χ2v) is 9.17. The summed E-state index contributed by atoms with van der Waals surface area (Å²) in [7, 11) is 2.47. The molecule has 4 rings (SSSR count). The van der Waals surface area contributed by atoms with Crippen LogP contribution in [0.4, 0.5) is 5.69 Å². The zero-order chi connectivity index (χ0) is 26.0. The first-order valence-electron chi connectivity index (χ1n) is 11.0. The molecule has 0 atom stereocenters. The molecule has 0 aliphatic heterocycles. The van der Waals surface area contributed by atoms with Crippen LogP contribution in [0.25, 0.3) is 22.2 Å². The normalized spacial score (nSPS) is 10.7. The largest absolute Gasteiger partial charge is 0.465 e. The van der Waals surface area contributed by atoms with Crippen LogP contribution in [0.15, 0.2) is 65.1 Å². The summed E-state index contributed by atoms with van der Waals surface area (Å²) in [5.74, 6) is -1.72. The lowest BCUT2D eigenvalue weighted by atomic mass is 10.0. The number of amides is 1. The smallest absolute Gasteiger partial charge is 0.337 e. The molecule has 0 unspecified atom stereocenters. The van der Waals surface area contributed by atoms with Crippen LogP contribution in [0.1, 0.15) is 42.2 Å². The molecule has 7 nitrogen and oxygen atoms in total. The second-order valence-electron chi connectivity index (χ2n) is 8.25. The number of anilines is 1. The third-order valence-electron chi connectivity index (χ3n) is 5.85. The van der Waals surface area contributed by atoms with E-state index in [0.29, 0.717) is 22.2 Å². The number of ether oxygens (including phenoxy) is 2. The van der Waals surface area contributed by atoms with Crippen molar-refractivity contribution >= 4 is 50.4 Å². The van der Waals surface area contributed by atoms with Gasteiger partial charge in [0.05, 0.1) is 42.1 Å². The van der Waals surface area contributed by atoms with E-state index in [1.54, 1.807) is 6.07 Å². The molecule has 0 aliphatic rings. The summed E-state index contributed by atoms with van der Waals surface area (Å²) < 4.78 is 10.4. The number of methoxy groups -OCH3 is 2. The number of aromatic nitrogens is 1. The predicted octanol–water partition coefficient (Wildman–Crippen LogP) is 6.11. The van der Waals surface area contributed by atoms with Crippen molar-refractivity contribution in [1.29, 1.82) is 0 Å². The Morgan fingerprint density at radius 1 is 0.806 bits per heavy atom. The van der Waals surface area contributed by atoms with Crippen molar-refractivity contribution in [3.63, 3.8) is 0 Å². The topological polar surface area (TPSA) is 94.6 Å². The van der Waals surface area contributed by atoms with Crippen molar-refractivity contribution in [1.82, 2.24) is 4.98 Å². The molecular formula is C28H23BrN2O5. The monoisotopic (exact) mass is 546 g/mol. The van der Waals surface area contributed by atoms with Gasteiger partial charge in [0, 0.05) is 21.1 Å². The Hall–Kier alpha value is -4.04. The van der Waals surface area contributed by atoms with E-state index in [-0.39, 0.29) is 16.8 Å². The summed E-state index contributed by atoms with van der Waals surface area (Å²) in [4.78, 5) is 42.6. The van der Waals surface area contributed by atoms with Gasteiger partial charge in [-0.25, -0.2) is 14.6 Å². The maximum atomic E-state index is 13.6. The fourth-order valence-electron chi connectivity index (χ4n) is 3.80. The van der Waals surface area contributed by atoms with Crippen molar-refractivity contribution in [3.05, 3.63) is 93.0 Å². The molecule has 0 bridgehead atoms. The molecule has 8 heteroatoms. The quantitative estimate of drug-likeness (QED) is 0.303. The fraction of sp³-hybridized carbons (Fsp3) is 0.143. The Morgan fingerprint density at radius 2 is 1.47 bits per heavy atom. The average molecular weight is 547 g/mol. The first-order valence-corrected chi connectivity index (χ1v) is 11.8. The van der Waals surface area contributed by atoms with E-state index >= 15 is 0 Å². The van der Waals surface area contributed by atoms with Gasteiger partial charge in [0.15, 0.2) is 0 Å². The van der Waals surface area contributed by atoms with Crippen LogP contribution in [-0.4, -0.2) is 37.0 Å². The molecule has 0 spiro atoms. The molecule has 1 amide bonds. The number of hydrogen-bond acceptors (Lipinski definition) is 6. The van der Waals surface area contributed by atoms with Gasteiger partial charge in [-0.2, -0.15) is 0 Å². The molecule has 0 saturated carbocycles. The van der Waals surface area contributed by atoms with Gasteiger partial charge in [0.1, 0.15) is 0 Å². The van der Waals surface area contributed by atoms with Crippen molar-refractivity contribution < 1.29 is 23.9 Å². The lowest BCUT2D eigenvalue weighted by molar-refractivity contribution is 0.0599. The Labute approximate surface area is 216 Å². The molecule has 1 N–H and O–H groups in total. The van der Waals surface area contributed by atoms with Gasteiger partial charge < -0.3 is 14.8 Å². The summed E-state index contributed by atoms with van der Waals surface area (Å²) in [5, 5.41) is 3.46. The van der Waals surface area contributed by atoms with Gasteiger partial charge in [-0.3, -0.25) is 4.79 Å². The van der Waals surface area contributed by atoms with E-state index < -0.39 is 17.8 Å². The summed E-state index contributed by atoms with van der Waals surface area (Å²) in [6.07, 6.45) is 0. The lowest BCUT2D eigenvalue weighted by Gasteiger charge is -2.13. The van der Waals surface area contributed by atoms with Crippen LogP contribution in [-0.2, 0) is 9.47 Å². The molecule has 0 fully saturated rings. The van der Waals surface area contributed by atoms with Gasteiger partial charge in [0.25, 0.3) is 5.91 Å². The number of benzene rings is 3. The van der Waals surface area contributed by atoms with E-state index in [1.165, 1.54) is 32.4 Å². The Balaban J connectivity index is 1.82. The number of carbonyl (C=O) groups excluding carboxylic acids is 3. The fourth-order valence-corrected chi connectivity index (χ4v) is 4.17. The molecule has 1 heterocycles. The molecule has 36 heavy (non-hydrogen) atoms. The number of nitrogens with zero attached hydrogens (tertiary/aromatic N) is 1. The lowest BCUT2D eigenvalue weighted by Crippen LogP contribution is -2.15. The van der Waals surface area contributed by atoms with Gasteiger partial charge >= 0.3 is 11.9 Å². The summed E-state index contributed by atoms with van der Waals surface area (Å²) in [6.45, 7) is 4.06. The minimum Gasteiger partial charge on any atom is -0.465 e. The summed E-state index contributed by atoms with van der Waals surface area (Å²) >= 11 is 3.47. The highest BCUT2D eigenvalue weighted by Crippen LogP contribution is 2.29. The van der Waals surface area contributed by atoms with E-state index in [0.717, 1.165) is 21.2 Å². The zero-order valence-corrected chi connectivity index (χ0v) is 21.7. The number of hydrogen-bond donors (Lipinski definition) is 1. The summed E-state index contributed by atoms with van der Waals surface area (Å²) in [6, 6.07) is 17.5. The zero-order valence-electron chi connectivity index (χ0n) is 20.1. The van der Waals surface area contributed by atoms with Crippen molar-refractivity contribution in [2.75, 3.05) is 19.5 Å². The van der Waals surface area contributed by atoms with Gasteiger partial charge in [-0.15, -0.1) is 0 Å². The molecule has 4 aromatic rings. The highest BCUT2D eigenvalue weighted by atomic mass is 79.9. The molecule has 0 saturated heterocycles. The van der Waals surface area contributed by atoms with Gasteiger partial charge in [-0.05, 0) is 73.5 Å². The van der Waals surface area contributed by atoms with Crippen LogP contribution in [0, 0.1) is 13.8 Å². The van der Waals surface area contributed by atoms with Crippen molar-refractivity contribution in [2.45, 2.75) is 13.8 Å². The minimum absolute atomic E-state index is 0.105. The standard InChI is InChI=1S/C28H23BrN2O5/c1-15-5-6-17(9-16(15)2)25-14-23(22-13-20(29)7-8-24(22)31-25)26(32)30-21-11-18(27(33)35-3)10-19(12-21)28(34)36-4/h5-14H,1-4H3,(H,30,32). The summed E-state index contributed by atoms with van der Waals surface area (Å²) in [5.41, 5.74) is 5.31. The number of pyridine rings is 1. The number of carbonyl (C=O) groups is 3. The number of nitrogens with one attached hydrogen (secondary N) is 1. The van der Waals surface area contributed by atoms with Crippen LogP contribution in [0.3, 0.4) is 0 Å². The van der Waals surface area contributed by atoms with Crippen LogP contribution < -0.4 is 5.32 Å². The number of aryl methyl sites for hydroxylation is 2. The van der Waals surface area contributed by atoms with E-state index in [4.69, 9.17) is 14.5 Å². The molecule has 0 radical (unpaired) electrons. The highest BCUT2D eigenvalue weighted by molar-refractivity contribution is 9.10. The number of halogens is 1. The molecule has 0 aliphatic carbocycles. The van der Waals surface area contributed by atoms with Gasteiger partial charge in [0.2, 0.25) is 0 Å². The third kappa shape index (κ3) is 5.13. The third-order valence-corrected chi connectivity index (χ3v) is 6.34. The SMILES string of the molecule is COC(=O)c1cc(NC(=O)c2cc(-c3ccc(C)c(C)c3)nc3ccc(Br)cc23)cc(C(=O)OC)c1. The second kappa shape index (κ2) is 10.3. The number of fused-ring (bicyclic) bond motifs is 1. The molecular weight excluding hydrogens is 524 g/mol. The number of esters is 2. The highest BCUT2D eigenvalue weighted by Gasteiger charge is 2.18. The van der Waals surface area contributed by atoms with E-state index in [2.05, 4.69) is 21.2 Å². The van der Waals surface area contributed by atoms with Crippen molar-refractivity contribution in [3.8, 4) is 11.3 Å². The van der Waals surface area contributed by atoms with E-state index in [1.807, 2.05) is 50.2 Å². The molecule has 3 aromatic carbocycles. The first kappa shape index (κ1) is 25.1. The maximum Gasteiger partial charge on any atom is 0.337 e. The van der Waals surface area contributed by atoms with E-state index in [9.17, 15) is 14.4 Å². The maximum absolute atomic E-state index is 13.6. The molecule has 182 valence electrons. The van der Waals surface area contributed by atoms with Crippen LogP contribution >= 0.6 is 15.9 Å². The average Bonchev–Trinajstić information content (AvgIpc) is 2.88. The molecule has 1 aromatic heterocycles. The Morgan fingerprint density at radius 3 is 2.08 bits per heavy atom. The van der Waals surface area contributed by atoms with Gasteiger partial charge in [-0.1, -0.05) is 28.1 Å². The number of rotatable bonds is 5. The Kier molecular flexibility index (Phi) is 7.17.